The van der Waals surface area contributed by atoms with Gasteiger partial charge in [-0.15, -0.1) is 0 Å². The summed E-state index contributed by atoms with van der Waals surface area (Å²) < 4.78 is 0. The number of nitrogens with two attached hydrogens (primary N) is 1. The summed E-state index contributed by atoms with van der Waals surface area (Å²) >= 11 is 0. The smallest absolute Gasteiger partial charge is 0.0314 e. The summed E-state index contributed by atoms with van der Waals surface area (Å²) in [7, 11) is 0. The van der Waals surface area contributed by atoms with Crippen molar-refractivity contribution in [3.05, 3.63) is 29.8 Å². The average molecular weight is 187 g/mol. The Bertz CT molecular complexity index is 328. The number of anilines is 1. The maximum absolute atomic E-state index is 5.70. The first-order valence-corrected chi connectivity index (χ1v) is 5.68. The number of fused-ring (bicyclic) bond motifs is 2. The summed E-state index contributed by atoms with van der Waals surface area (Å²) in [4.78, 5) is 0. The van der Waals surface area contributed by atoms with Crippen LogP contribution in [0.3, 0.4) is 0 Å². The lowest BCUT2D eigenvalue weighted by Crippen LogP contribution is -2.08. The topological polar surface area (TPSA) is 26.0 Å². The lowest BCUT2D eigenvalue weighted by Gasteiger charge is -2.21. The van der Waals surface area contributed by atoms with Crippen molar-refractivity contribution in [1.82, 2.24) is 0 Å². The van der Waals surface area contributed by atoms with Crippen LogP contribution in [0.25, 0.3) is 0 Å². The summed E-state index contributed by atoms with van der Waals surface area (Å²) in [5, 5.41) is 0. The monoisotopic (exact) mass is 187 g/mol. The van der Waals surface area contributed by atoms with Crippen LogP contribution in [-0.4, -0.2) is 0 Å². The lowest BCUT2D eigenvalue weighted by molar-refractivity contribution is 0.420. The molecule has 0 amide bonds. The van der Waals surface area contributed by atoms with Gasteiger partial charge in [-0.2, -0.15) is 0 Å². The van der Waals surface area contributed by atoms with E-state index in [1.54, 1.807) is 0 Å². The largest absolute Gasteiger partial charge is 0.399 e. The van der Waals surface area contributed by atoms with E-state index in [2.05, 4.69) is 12.1 Å². The minimum Gasteiger partial charge on any atom is -0.399 e. The van der Waals surface area contributed by atoms with Crippen molar-refractivity contribution in [3.63, 3.8) is 0 Å². The first kappa shape index (κ1) is 8.34. The van der Waals surface area contributed by atoms with Crippen molar-refractivity contribution in [2.45, 2.75) is 31.6 Å². The molecule has 2 aliphatic rings. The molecule has 74 valence electrons. The van der Waals surface area contributed by atoms with Crippen molar-refractivity contribution in [2.75, 3.05) is 5.73 Å². The van der Waals surface area contributed by atoms with E-state index in [9.17, 15) is 0 Å². The molecule has 0 aliphatic heterocycles. The molecule has 1 nitrogen and oxygen atoms in total. The zero-order valence-corrected chi connectivity index (χ0v) is 8.45. The zero-order chi connectivity index (χ0) is 9.54. The predicted octanol–water partition coefficient (Wildman–Crippen LogP) is 3.17. The second-order valence-corrected chi connectivity index (χ2v) is 4.95. The standard InChI is InChI=1S/C13H17N/c14-12-5-3-10(4-6-12)13-8-9-1-2-11(13)7-9/h3-6,9,11,13H,1-2,7-8,14H2/t9-,11+,13?/m0/s1. The van der Waals surface area contributed by atoms with Crippen LogP contribution in [0.1, 0.15) is 37.2 Å². The van der Waals surface area contributed by atoms with Crippen LogP contribution in [-0.2, 0) is 0 Å². The van der Waals surface area contributed by atoms with Crippen molar-refractivity contribution in [3.8, 4) is 0 Å². The molecule has 2 saturated carbocycles. The van der Waals surface area contributed by atoms with Crippen LogP contribution in [0.15, 0.2) is 24.3 Å². The summed E-state index contributed by atoms with van der Waals surface area (Å²) in [5.74, 6) is 2.85. The molecule has 0 aromatic heterocycles. The van der Waals surface area contributed by atoms with Gasteiger partial charge >= 0.3 is 0 Å². The lowest BCUT2D eigenvalue weighted by atomic mass is 9.83. The molecule has 1 unspecified atom stereocenters. The third kappa shape index (κ3) is 1.23. The highest BCUT2D eigenvalue weighted by Gasteiger charge is 2.39. The average Bonchev–Trinajstić information content (AvgIpc) is 2.80. The van der Waals surface area contributed by atoms with Crippen LogP contribution >= 0.6 is 0 Å². The predicted molar refractivity (Wildman–Crippen MR) is 59.0 cm³/mol. The Morgan fingerprint density at radius 1 is 1.00 bits per heavy atom. The van der Waals surface area contributed by atoms with Crippen LogP contribution in [0.4, 0.5) is 5.69 Å². The Labute approximate surface area is 85.3 Å². The van der Waals surface area contributed by atoms with E-state index in [1.807, 2.05) is 12.1 Å². The fraction of sp³-hybridized carbons (Fsp3) is 0.538. The Morgan fingerprint density at radius 3 is 2.36 bits per heavy atom. The maximum atomic E-state index is 5.70. The first-order chi connectivity index (χ1) is 6.83. The van der Waals surface area contributed by atoms with E-state index in [0.717, 1.165) is 23.4 Å². The molecule has 2 fully saturated rings. The third-order valence-corrected chi connectivity index (χ3v) is 4.10. The van der Waals surface area contributed by atoms with Crippen LogP contribution < -0.4 is 5.73 Å². The number of nitrogen functional groups attached to an aromatic ring is 1. The van der Waals surface area contributed by atoms with Gasteiger partial charge in [-0.3, -0.25) is 0 Å². The Kier molecular flexibility index (Phi) is 1.79. The Hall–Kier alpha value is -0.980. The van der Waals surface area contributed by atoms with Gasteiger partial charge in [0.1, 0.15) is 0 Å². The summed E-state index contributed by atoms with van der Waals surface area (Å²) in [5.41, 5.74) is 8.11. The molecule has 2 bridgehead atoms. The van der Waals surface area contributed by atoms with E-state index in [4.69, 9.17) is 5.73 Å². The maximum Gasteiger partial charge on any atom is 0.0314 e. The summed E-state index contributed by atoms with van der Waals surface area (Å²) in [6.07, 6.45) is 5.85. The molecule has 1 aromatic carbocycles. The van der Waals surface area contributed by atoms with Gasteiger partial charge in [0.25, 0.3) is 0 Å². The molecule has 2 aliphatic carbocycles. The normalized spacial score (nSPS) is 35.0. The highest BCUT2D eigenvalue weighted by Crippen LogP contribution is 2.52. The Balaban J connectivity index is 1.86. The van der Waals surface area contributed by atoms with E-state index < -0.39 is 0 Å². The van der Waals surface area contributed by atoms with Crippen LogP contribution in [0.5, 0.6) is 0 Å². The molecule has 0 saturated heterocycles. The summed E-state index contributed by atoms with van der Waals surface area (Å²) in [6.45, 7) is 0. The van der Waals surface area contributed by atoms with E-state index in [1.165, 1.54) is 31.2 Å². The molecule has 1 heteroatoms. The van der Waals surface area contributed by atoms with Crippen LogP contribution in [0, 0.1) is 11.8 Å². The van der Waals surface area contributed by atoms with Crippen molar-refractivity contribution >= 4 is 5.69 Å². The van der Waals surface area contributed by atoms with Crippen LogP contribution in [0.2, 0.25) is 0 Å². The second-order valence-electron chi connectivity index (χ2n) is 4.95. The molecule has 2 N–H and O–H groups in total. The Morgan fingerprint density at radius 2 is 1.79 bits per heavy atom. The fourth-order valence-electron chi connectivity index (χ4n) is 3.40. The number of rotatable bonds is 1. The highest BCUT2D eigenvalue weighted by atomic mass is 14.5. The van der Waals surface area contributed by atoms with Crippen molar-refractivity contribution < 1.29 is 0 Å². The number of hydrogen-bond donors (Lipinski definition) is 1. The molecule has 1 aromatic rings. The molecular weight excluding hydrogens is 170 g/mol. The number of hydrogen-bond acceptors (Lipinski definition) is 1. The van der Waals surface area contributed by atoms with Gasteiger partial charge in [-0.25, -0.2) is 0 Å². The molecular formula is C13H17N. The first-order valence-electron chi connectivity index (χ1n) is 5.68. The van der Waals surface area contributed by atoms with E-state index in [0.29, 0.717) is 0 Å². The van der Waals surface area contributed by atoms with E-state index >= 15 is 0 Å². The van der Waals surface area contributed by atoms with Crippen molar-refractivity contribution in [2.24, 2.45) is 11.8 Å². The van der Waals surface area contributed by atoms with E-state index in [-0.39, 0.29) is 0 Å². The van der Waals surface area contributed by atoms with Gasteiger partial charge < -0.3 is 5.73 Å². The molecule has 0 heterocycles. The quantitative estimate of drug-likeness (QED) is 0.671. The molecule has 14 heavy (non-hydrogen) atoms. The summed E-state index contributed by atoms with van der Waals surface area (Å²) in [6, 6.07) is 8.53. The zero-order valence-electron chi connectivity index (χ0n) is 8.45. The minimum absolute atomic E-state index is 0.842. The highest BCUT2D eigenvalue weighted by molar-refractivity contribution is 5.40. The molecule has 0 radical (unpaired) electrons. The third-order valence-electron chi connectivity index (χ3n) is 4.10. The molecule has 3 rings (SSSR count). The van der Waals surface area contributed by atoms with Gasteiger partial charge in [0.15, 0.2) is 0 Å². The molecule has 3 atom stereocenters. The second kappa shape index (κ2) is 3.01. The van der Waals surface area contributed by atoms with Gasteiger partial charge in [-0.1, -0.05) is 18.6 Å². The minimum atomic E-state index is 0.842. The SMILES string of the molecule is Nc1ccc(C2C[C@H]3CC[C@@H]2C3)cc1. The molecule has 0 spiro atoms. The fourth-order valence-corrected chi connectivity index (χ4v) is 3.40. The van der Waals surface area contributed by atoms with Gasteiger partial charge in [0.05, 0.1) is 0 Å². The van der Waals surface area contributed by atoms with Gasteiger partial charge in [-0.05, 0) is 54.7 Å². The van der Waals surface area contributed by atoms with Crippen molar-refractivity contribution in [1.29, 1.82) is 0 Å². The van der Waals surface area contributed by atoms with Gasteiger partial charge in [0.2, 0.25) is 0 Å². The van der Waals surface area contributed by atoms with Gasteiger partial charge in [0, 0.05) is 5.69 Å². The number of benzene rings is 1.